The van der Waals surface area contributed by atoms with Gasteiger partial charge in [0.15, 0.2) is 0 Å². The average molecular weight is 298 g/mol. The van der Waals surface area contributed by atoms with Crippen LogP contribution in [0.4, 0.5) is 4.39 Å². The minimum absolute atomic E-state index is 0.165. The van der Waals surface area contributed by atoms with Gasteiger partial charge in [0.25, 0.3) is 0 Å². The smallest absolute Gasteiger partial charge is 0.245 e. The van der Waals surface area contributed by atoms with E-state index in [1.54, 1.807) is 6.92 Å². The van der Waals surface area contributed by atoms with Crippen molar-refractivity contribution >= 4 is 10.0 Å². The van der Waals surface area contributed by atoms with E-state index in [4.69, 9.17) is 5.73 Å². The van der Waals surface area contributed by atoms with Crippen LogP contribution < -0.4 is 5.73 Å². The molecule has 1 aromatic rings. The van der Waals surface area contributed by atoms with Crippen molar-refractivity contribution < 1.29 is 12.8 Å². The molecular weight excluding hydrogens is 279 g/mol. The highest BCUT2D eigenvalue weighted by Crippen LogP contribution is 2.21. The Bertz CT molecular complexity index is 632. The number of halogens is 1. The molecule has 1 rings (SSSR count). The molecule has 0 bridgehead atoms. The second-order valence-corrected chi connectivity index (χ2v) is 6.40. The second kappa shape index (κ2) is 6.84. The summed E-state index contributed by atoms with van der Waals surface area (Å²) >= 11 is 0. The molecular formula is C14H19FN2O2S. The fraction of sp³-hybridized carbons (Fsp3) is 0.429. The largest absolute Gasteiger partial charge is 0.320 e. The third kappa shape index (κ3) is 3.57. The van der Waals surface area contributed by atoms with Crippen molar-refractivity contribution in [2.24, 2.45) is 5.73 Å². The summed E-state index contributed by atoms with van der Waals surface area (Å²) in [5.41, 5.74) is 5.63. The second-order valence-electron chi connectivity index (χ2n) is 4.43. The number of benzene rings is 1. The number of nitrogens with zero attached hydrogens (tertiary/aromatic N) is 1. The molecule has 2 N–H and O–H groups in total. The van der Waals surface area contributed by atoms with Crippen LogP contribution in [0.3, 0.4) is 0 Å². The first kappa shape index (κ1) is 16.6. The van der Waals surface area contributed by atoms with E-state index in [1.165, 1.54) is 23.5 Å². The van der Waals surface area contributed by atoms with Crippen LogP contribution in [0.2, 0.25) is 0 Å². The molecule has 20 heavy (non-hydrogen) atoms. The maximum atomic E-state index is 14.0. The fourth-order valence-electron chi connectivity index (χ4n) is 1.59. The van der Waals surface area contributed by atoms with Crippen LogP contribution in [0.15, 0.2) is 23.1 Å². The van der Waals surface area contributed by atoms with E-state index in [0.29, 0.717) is 12.0 Å². The molecule has 4 nitrogen and oxygen atoms in total. The molecule has 1 unspecified atom stereocenters. The van der Waals surface area contributed by atoms with Crippen molar-refractivity contribution in [3.05, 3.63) is 29.6 Å². The molecule has 0 heterocycles. The summed E-state index contributed by atoms with van der Waals surface area (Å²) in [6.45, 7) is 3.81. The molecule has 6 heteroatoms. The third-order valence-electron chi connectivity index (χ3n) is 3.14. The Balaban J connectivity index is 3.20. The van der Waals surface area contributed by atoms with E-state index in [2.05, 4.69) is 11.8 Å². The molecule has 0 aliphatic carbocycles. The van der Waals surface area contributed by atoms with E-state index >= 15 is 0 Å². The van der Waals surface area contributed by atoms with Crippen molar-refractivity contribution in [3.8, 4) is 11.8 Å². The Kier molecular flexibility index (Phi) is 5.69. The Morgan fingerprint density at radius 2 is 2.10 bits per heavy atom. The van der Waals surface area contributed by atoms with Gasteiger partial charge in [-0.25, -0.2) is 12.8 Å². The van der Waals surface area contributed by atoms with Crippen molar-refractivity contribution in [1.82, 2.24) is 4.31 Å². The lowest BCUT2D eigenvalue weighted by atomic mass is 10.2. The Hall–Kier alpha value is -1.42. The van der Waals surface area contributed by atoms with Gasteiger partial charge >= 0.3 is 0 Å². The summed E-state index contributed by atoms with van der Waals surface area (Å²) in [6, 6.07) is 3.63. The lowest BCUT2D eigenvalue weighted by Gasteiger charge is -2.23. The number of sulfonamides is 1. The molecule has 0 saturated carbocycles. The van der Waals surface area contributed by atoms with Crippen molar-refractivity contribution in [2.45, 2.75) is 31.2 Å². The van der Waals surface area contributed by atoms with E-state index in [-0.39, 0.29) is 17.5 Å². The molecule has 0 saturated heterocycles. The van der Waals surface area contributed by atoms with Crippen molar-refractivity contribution in [2.75, 3.05) is 13.6 Å². The predicted molar refractivity (Wildman–Crippen MR) is 77.0 cm³/mol. The molecule has 110 valence electrons. The number of hydrogen-bond acceptors (Lipinski definition) is 3. The maximum absolute atomic E-state index is 14.0. The van der Waals surface area contributed by atoms with Gasteiger partial charge in [0.1, 0.15) is 10.7 Å². The van der Waals surface area contributed by atoms with Crippen LogP contribution in [0.25, 0.3) is 0 Å². The topological polar surface area (TPSA) is 63.4 Å². The van der Waals surface area contributed by atoms with Crippen molar-refractivity contribution in [3.63, 3.8) is 0 Å². The molecule has 0 aromatic heterocycles. The molecule has 0 radical (unpaired) electrons. The first-order valence-electron chi connectivity index (χ1n) is 6.31. The van der Waals surface area contributed by atoms with Gasteiger partial charge in [0, 0.05) is 18.7 Å². The highest BCUT2D eigenvalue weighted by molar-refractivity contribution is 7.89. The lowest BCUT2D eigenvalue weighted by Crippen LogP contribution is -2.35. The Labute approximate surface area is 119 Å². The van der Waals surface area contributed by atoms with Crippen LogP contribution in [-0.2, 0) is 10.0 Å². The fourth-order valence-corrected chi connectivity index (χ4v) is 3.07. The Morgan fingerprint density at radius 1 is 1.45 bits per heavy atom. The minimum Gasteiger partial charge on any atom is -0.320 e. The van der Waals surface area contributed by atoms with Gasteiger partial charge < -0.3 is 5.73 Å². The quantitative estimate of drug-likeness (QED) is 0.858. The molecule has 0 amide bonds. The van der Waals surface area contributed by atoms with Gasteiger partial charge in [-0.15, -0.1) is 0 Å². The zero-order valence-corrected chi connectivity index (χ0v) is 12.7. The summed E-state index contributed by atoms with van der Waals surface area (Å²) < 4.78 is 39.8. The predicted octanol–water partition coefficient (Wildman–Crippen LogP) is 1.55. The normalized spacial score (nSPS) is 12.9. The van der Waals surface area contributed by atoms with Gasteiger partial charge in [-0.3, -0.25) is 0 Å². The highest BCUT2D eigenvalue weighted by atomic mass is 32.2. The molecule has 0 aliphatic rings. The van der Waals surface area contributed by atoms with E-state index < -0.39 is 15.8 Å². The summed E-state index contributed by atoms with van der Waals surface area (Å²) in [6.07, 6.45) is 0.650. The van der Waals surface area contributed by atoms with Gasteiger partial charge in [-0.1, -0.05) is 18.8 Å². The molecule has 0 spiro atoms. The zero-order valence-electron chi connectivity index (χ0n) is 11.9. The van der Waals surface area contributed by atoms with Crippen LogP contribution in [0.1, 0.15) is 25.8 Å². The summed E-state index contributed by atoms with van der Waals surface area (Å²) in [4.78, 5) is -0.335. The van der Waals surface area contributed by atoms with Crippen LogP contribution in [0, 0.1) is 17.7 Å². The van der Waals surface area contributed by atoms with E-state index in [0.717, 1.165) is 6.07 Å². The van der Waals surface area contributed by atoms with Crippen LogP contribution in [0.5, 0.6) is 0 Å². The van der Waals surface area contributed by atoms with Crippen LogP contribution >= 0.6 is 0 Å². The third-order valence-corrected chi connectivity index (χ3v) is 5.14. The maximum Gasteiger partial charge on any atom is 0.245 e. The summed E-state index contributed by atoms with van der Waals surface area (Å²) in [5, 5.41) is 0. The average Bonchev–Trinajstić information content (AvgIpc) is 2.43. The van der Waals surface area contributed by atoms with Gasteiger partial charge in [0.2, 0.25) is 10.0 Å². The summed E-state index contributed by atoms with van der Waals surface area (Å²) in [5.74, 6) is 4.45. The summed E-state index contributed by atoms with van der Waals surface area (Å²) in [7, 11) is -2.38. The number of hydrogen-bond donors (Lipinski definition) is 1. The standard InChI is InChI=1S/C14H19FN2O2S/c1-4-11(2)17(3)20(18,19)14-8-7-12(6-5-9-16)10-13(14)15/h7-8,10-11H,4,9,16H2,1-3H3. The van der Waals surface area contributed by atoms with Crippen LogP contribution in [-0.4, -0.2) is 32.4 Å². The van der Waals surface area contributed by atoms with Gasteiger partial charge in [-0.2, -0.15) is 4.31 Å². The zero-order chi connectivity index (χ0) is 15.3. The van der Waals surface area contributed by atoms with Gasteiger partial charge in [-0.05, 0) is 31.5 Å². The minimum atomic E-state index is -3.83. The highest BCUT2D eigenvalue weighted by Gasteiger charge is 2.27. The lowest BCUT2D eigenvalue weighted by molar-refractivity contribution is 0.378. The molecule has 1 aromatic carbocycles. The SMILES string of the molecule is CCC(C)N(C)S(=O)(=O)c1ccc(C#CCN)cc1F. The molecule has 0 aliphatic heterocycles. The van der Waals surface area contributed by atoms with E-state index in [9.17, 15) is 12.8 Å². The first-order chi connectivity index (χ1) is 9.34. The molecule has 0 fully saturated rings. The Morgan fingerprint density at radius 3 is 2.60 bits per heavy atom. The number of nitrogens with two attached hydrogens (primary N) is 1. The van der Waals surface area contributed by atoms with Gasteiger partial charge in [0.05, 0.1) is 6.54 Å². The first-order valence-corrected chi connectivity index (χ1v) is 7.75. The number of rotatable bonds is 4. The van der Waals surface area contributed by atoms with E-state index in [1.807, 2.05) is 6.92 Å². The molecule has 1 atom stereocenters. The van der Waals surface area contributed by atoms with Crippen molar-refractivity contribution in [1.29, 1.82) is 0 Å². The monoisotopic (exact) mass is 298 g/mol.